The van der Waals surface area contributed by atoms with Crippen molar-refractivity contribution in [3.63, 3.8) is 0 Å². The van der Waals surface area contributed by atoms with Gasteiger partial charge in [-0.1, -0.05) is 12.1 Å². The molecule has 3 aromatic heterocycles. The van der Waals surface area contributed by atoms with Crippen molar-refractivity contribution in [3.05, 3.63) is 94.5 Å². The van der Waals surface area contributed by atoms with Crippen molar-refractivity contribution in [3.8, 4) is 22.8 Å². The Morgan fingerprint density at radius 3 is 2.57 bits per heavy atom. The second kappa shape index (κ2) is 11.2. The fraction of sp³-hybridized carbons (Fsp3) is 0.172. The lowest BCUT2D eigenvalue weighted by molar-refractivity contribution is 0.0303. The number of rotatable bonds is 6. The minimum atomic E-state index is -0.763. The number of benzene rings is 2. The summed E-state index contributed by atoms with van der Waals surface area (Å²) in [6, 6.07) is 12.5. The first kappa shape index (κ1) is 26.8. The zero-order valence-electron chi connectivity index (χ0n) is 22.3. The average molecular weight is 570 g/mol. The van der Waals surface area contributed by atoms with Crippen molar-refractivity contribution in [2.24, 2.45) is 7.05 Å². The van der Waals surface area contributed by atoms with Crippen molar-refractivity contribution in [2.45, 2.75) is 0 Å². The number of anilines is 1. The number of pyridine rings is 1. The Kier molecular flexibility index (Phi) is 7.15. The maximum atomic E-state index is 15.1. The summed E-state index contributed by atoms with van der Waals surface area (Å²) in [6.07, 6.45) is 4.26. The van der Waals surface area contributed by atoms with Crippen LogP contribution in [0.5, 0.6) is 11.5 Å². The quantitative estimate of drug-likeness (QED) is 0.317. The zero-order valence-corrected chi connectivity index (χ0v) is 22.3. The highest BCUT2D eigenvalue weighted by atomic mass is 19.1. The van der Waals surface area contributed by atoms with Gasteiger partial charge in [0.05, 0.1) is 18.6 Å². The van der Waals surface area contributed by atoms with Gasteiger partial charge in [0, 0.05) is 61.6 Å². The standard InChI is InChI=1S/C29H24FN7O5/c1-36-11-10-31-25(29(36)40)27(38)33-19-6-7-21(20(30)16-19)42-22-8-9-32-26-23(22)24(34-35-26)17-2-4-18(5-3-17)28(39)37-12-14-41-15-13-37/h2-11,16H,12-15H2,1H3,(H,33,38)(H,32,34,35). The van der Waals surface area contributed by atoms with E-state index in [0.717, 1.165) is 6.07 Å². The predicted octanol–water partition coefficient (Wildman–Crippen LogP) is 3.37. The number of aromatic nitrogens is 5. The third-order valence-electron chi connectivity index (χ3n) is 6.77. The SMILES string of the molecule is Cn1ccnc(C(=O)Nc2ccc(Oc3ccnc4[nH]nc(-c5ccc(C(=O)N6CCOCC6)cc5)c34)c(F)c2)c1=O. The van der Waals surface area contributed by atoms with Crippen molar-refractivity contribution in [1.82, 2.24) is 29.6 Å². The van der Waals surface area contributed by atoms with Crippen molar-refractivity contribution >= 4 is 28.5 Å². The van der Waals surface area contributed by atoms with E-state index in [0.29, 0.717) is 59.9 Å². The van der Waals surface area contributed by atoms with Crippen LogP contribution < -0.4 is 15.6 Å². The van der Waals surface area contributed by atoms with Crippen LogP contribution in [0.1, 0.15) is 20.8 Å². The number of fused-ring (bicyclic) bond motifs is 1. The van der Waals surface area contributed by atoms with Gasteiger partial charge < -0.3 is 24.3 Å². The van der Waals surface area contributed by atoms with Crippen LogP contribution in [0.3, 0.4) is 0 Å². The number of halogens is 1. The minimum absolute atomic E-state index is 0.0694. The predicted molar refractivity (Wildman–Crippen MR) is 150 cm³/mol. The molecular formula is C29H24FN7O5. The molecule has 12 nitrogen and oxygen atoms in total. The second-order valence-corrected chi connectivity index (χ2v) is 9.48. The Labute approximate surface area is 237 Å². The molecule has 0 bridgehead atoms. The third kappa shape index (κ3) is 5.20. The summed E-state index contributed by atoms with van der Waals surface area (Å²) in [5.74, 6) is -1.39. The van der Waals surface area contributed by atoms with E-state index in [-0.39, 0.29) is 23.0 Å². The highest BCUT2D eigenvalue weighted by molar-refractivity contribution is 6.02. The molecule has 2 amide bonds. The Morgan fingerprint density at radius 2 is 1.81 bits per heavy atom. The summed E-state index contributed by atoms with van der Waals surface area (Å²) < 4.78 is 27.6. The number of nitrogens with one attached hydrogen (secondary N) is 2. The van der Waals surface area contributed by atoms with Gasteiger partial charge in [-0.25, -0.2) is 14.4 Å². The number of nitrogens with zero attached hydrogens (tertiary/aromatic N) is 5. The maximum Gasteiger partial charge on any atom is 0.281 e. The molecule has 2 aromatic carbocycles. The first-order valence-corrected chi connectivity index (χ1v) is 13.0. The molecule has 5 aromatic rings. The van der Waals surface area contributed by atoms with Crippen LogP contribution in [0.4, 0.5) is 10.1 Å². The van der Waals surface area contributed by atoms with E-state index >= 15 is 4.39 Å². The highest BCUT2D eigenvalue weighted by Gasteiger charge is 2.21. The molecule has 0 saturated carbocycles. The van der Waals surface area contributed by atoms with Crippen LogP contribution in [-0.4, -0.2) is 67.7 Å². The van der Waals surface area contributed by atoms with E-state index in [9.17, 15) is 14.4 Å². The molecule has 1 saturated heterocycles. The van der Waals surface area contributed by atoms with Gasteiger partial charge in [-0.15, -0.1) is 0 Å². The van der Waals surface area contributed by atoms with Gasteiger partial charge in [-0.05, 0) is 30.3 Å². The molecule has 0 aliphatic carbocycles. The number of carbonyl (C=O) groups excluding carboxylic acids is 2. The first-order chi connectivity index (χ1) is 20.4. The number of carbonyl (C=O) groups is 2. The minimum Gasteiger partial charge on any atom is -0.453 e. The number of hydrogen-bond donors (Lipinski definition) is 2. The molecule has 2 N–H and O–H groups in total. The number of H-pyrrole nitrogens is 1. The Bertz CT molecular complexity index is 1860. The summed E-state index contributed by atoms with van der Waals surface area (Å²) in [5.41, 5.74) is 1.42. The maximum absolute atomic E-state index is 15.1. The molecule has 0 spiro atoms. The number of aromatic amines is 1. The van der Waals surface area contributed by atoms with E-state index in [4.69, 9.17) is 9.47 Å². The van der Waals surface area contributed by atoms with Crippen LogP contribution in [0.2, 0.25) is 0 Å². The van der Waals surface area contributed by atoms with Crippen molar-refractivity contribution in [2.75, 3.05) is 31.6 Å². The highest BCUT2D eigenvalue weighted by Crippen LogP contribution is 2.36. The van der Waals surface area contributed by atoms with Crippen LogP contribution in [0.15, 0.2) is 71.9 Å². The van der Waals surface area contributed by atoms with E-state index in [1.54, 1.807) is 35.2 Å². The number of hydrogen-bond acceptors (Lipinski definition) is 8. The van der Waals surface area contributed by atoms with Crippen molar-refractivity contribution < 1.29 is 23.5 Å². The van der Waals surface area contributed by atoms with Crippen molar-refractivity contribution in [1.29, 1.82) is 0 Å². The number of morpholine rings is 1. The molecular weight excluding hydrogens is 545 g/mol. The van der Waals surface area contributed by atoms with E-state index < -0.39 is 17.3 Å². The summed E-state index contributed by atoms with van der Waals surface area (Å²) in [5, 5.41) is 10.3. The number of aryl methyl sites for hydroxylation is 1. The van der Waals surface area contributed by atoms with Gasteiger partial charge in [0.15, 0.2) is 22.9 Å². The molecule has 1 aliphatic heterocycles. The Balaban J connectivity index is 1.23. The Morgan fingerprint density at radius 1 is 1.02 bits per heavy atom. The summed E-state index contributed by atoms with van der Waals surface area (Å²) >= 11 is 0. The Hall–Kier alpha value is -5.43. The molecule has 0 radical (unpaired) electrons. The summed E-state index contributed by atoms with van der Waals surface area (Å²) in [4.78, 5) is 47.4. The zero-order chi connectivity index (χ0) is 29.2. The average Bonchev–Trinajstić information content (AvgIpc) is 3.45. The van der Waals surface area contributed by atoms with Gasteiger partial charge >= 0.3 is 0 Å². The first-order valence-electron chi connectivity index (χ1n) is 13.0. The third-order valence-corrected chi connectivity index (χ3v) is 6.77. The van der Waals surface area contributed by atoms with Gasteiger partial charge in [-0.3, -0.25) is 19.5 Å². The molecule has 13 heteroatoms. The molecule has 1 fully saturated rings. The number of ether oxygens (including phenoxy) is 2. The summed E-state index contributed by atoms with van der Waals surface area (Å²) in [6.45, 7) is 2.13. The molecule has 6 rings (SSSR count). The lowest BCUT2D eigenvalue weighted by atomic mass is 10.1. The fourth-order valence-corrected chi connectivity index (χ4v) is 4.56. The van der Waals surface area contributed by atoms with Crippen LogP contribution in [0.25, 0.3) is 22.3 Å². The lowest BCUT2D eigenvalue weighted by Crippen LogP contribution is -2.40. The van der Waals surface area contributed by atoms with E-state index in [2.05, 4.69) is 25.5 Å². The van der Waals surface area contributed by atoms with Gasteiger partial charge in [-0.2, -0.15) is 5.10 Å². The molecule has 1 aliphatic rings. The lowest BCUT2D eigenvalue weighted by Gasteiger charge is -2.26. The topological polar surface area (TPSA) is 144 Å². The molecule has 4 heterocycles. The van der Waals surface area contributed by atoms with Gasteiger partial charge in [0.2, 0.25) is 0 Å². The number of amides is 2. The molecule has 212 valence electrons. The van der Waals surface area contributed by atoms with Gasteiger partial charge in [0.25, 0.3) is 17.4 Å². The largest absolute Gasteiger partial charge is 0.453 e. The smallest absolute Gasteiger partial charge is 0.281 e. The monoisotopic (exact) mass is 569 g/mol. The second-order valence-electron chi connectivity index (χ2n) is 9.48. The van der Waals surface area contributed by atoms with Gasteiger partial charge in [0.1, 0.15) is 11.4 Å². The summed E-state index contributed by atoms with van der Waals surface area (Å²) in [7, 11) is 1.50. The molecule has 42 heavy (non-hydrogen) atoms. The fourth-order valence-electron chi connectivity index (χ4n) is 4.56. The molecule has 0 atom stereocenters. The van der Waals surface area contributed by atoms with Crippen LogP contribution in [0, 0.1) is 5.82 Å². The van der Waals surface area contributed by atoms with Crippen LogP contribution >= 0.6 is 0 Å². The van der Waals surface area contributed by atoms with Crippen LogP contribution in [-0.2, 0) is 11.8 Å². The normalized spacial score (nSPS) is 13.2. The molecule has 0 unspecified atom stereocenters. The van der Waals surface area contributed by atoms with E-state index in [1.807, 2.05) is 0 Å². The van der Waals surface area contributed by atoms with E-state index in [1.165, 1.54) is 42.3 Å².